The minimum atomic E-state index is -0.954. The Morgan fingerprint density at radius 1 is 1.46 bits per heavy atom. The predicted octanol–water partition coefficient (Wildman–Crippen LogP) is 2.30. The molecule has 1 atom stereocenters. The lowest BCUT2D eigenvalue weighted by Crippen LogP contribution is -2.06. The summed E-state index contributed by atoms with van der Waals surface area (Å²) >= 11 is -0.954. The smallest absolute Gasteiger partial charge is 0.156 e. The fraction of sp³-hybridized carbons (Fsp3) is 0.400. The molecule has 2 nitrogen and oxygen atoms in total. The van der Waals surface area contributed by atoms with Crippen LogP contribution in [-0.2, 0) is 11.2 Å². The van der Waals surface area contributed by atoms with Gasteiger partial charge in [-0.2, -0.15) is 0 Å². The van der Waals surface area contributed by atoms with Gasteiger partial charge in [-0.05, 0) is 29.7 Å². The summed E-state index contributed by atoms with van der Waals surface area (Å²) in [5, 5.41) is 9.15. The zero-order valence-electron chi connectivity index (χ0n) is 7.69. The molecular formula is C10H14O2S. The van der Waals surface area contributed by atoms with E-state index in [0.29, 0.717) is 10.6 Å². The molecule has 1 unspecified atom stereocenters. The number of phenolic OH excluding ortho intramolecular Hbond substituents is 1. The minimum Gasteiger partial charge on any atom is -0.611 e. The monoisotopic (exact) mass is 198 g/mol. The summed E-state index contributed by atoms with van der Waals surface area (Å²) in [4.78, 5) is 0.716. The summed E-state index contributed by atoms with van der Waals surface area (Å²) < 4.78 is 11.6. The van der Waals surface area contributed by atoms with Crippen LogP contribution in [0.3, 0.4) is 0 Å². The fourth-order valence-corrected chi connectivity index (χ4v) is 2.29. The van der Waals surface area contributed by atoms with Crippen molar-refractivity contribution in [1.29, 1.82) is 0 Å². The van der Waals surface area contributed by atoms with E-state index in [0.717, 1.165) is 12.8 Å². The van der Waals surface area contributed by atoms with E-state index in [2.05, 4.69) is 6.92 Å². The normalized spacial score (nSPS) is 12.8. The Bertz CT molecular complexity index is 263. The van der Waals surface area contributed by atoms with Crippen LogP contribution < -0.4 is 0 Å². The standard InChI is InChI=1S/C10H14O2S/c1-2-3-7-13(12)10-6-4-5-9(11)8-10/h4-6,8,11H,2-3,7H2,1H3. The maximum atomic E-state index is 11.6. The molecule has 0 aliphatic carbocycles. The summed E-state index contributed by atoms with van der Waals surface area (Å²) in [7, 11) is 0. The highest BCUT2D eigenvalue weighted by Crippen LogP contribution is 2.17. The summed E-state index contributed by atoms with van der Waals surface area (Å²) in [5.74, 6) is 0.863. The topological polar surface area (TPSA) is 43.3 Å². The van der Waals surface area contributed by atoms with Crippen molar-refractivity contribution in [2.24, 2.45) is 0 Å². The lowest BCUT2D eigenvalue weighted by molar-refractivity contribution is 0.473. The SMILES string of the molecule is CCCC[S+]([O-])c1cccc(O)c1. The van der Waals surface area contributed by atoms with Crippen molar-refractivity contribution in [3.63, 3.8) is 0 Å². The van der Waals surface area contributed by atoms with Gasteiger partial charge in [0.05, 0.1) is 0 Å². The number of unbranched alkanes of at least 4 members (excludes halogenated alkanes) is 1. The van der Waals surface area contributed by atoms with Crippen LogP contribution in [0.5, 0.6) is 5.75 Å². The van der Waals surface area contributed by atoms with Crippen LogP contribution in [0.4, 0.5) is 0 Å². The molecule has 0 fully saturated rings. The molecule has 1 N–H and O–H groups in total. The maximum Gasteiger partial charge on any atom is 0.156 e. The minimum absolute atomic E-state index is 0.183. The van der Waals surface area contributed by atoms with Crippen LogP contribution in [-0.4, -0.2) is 15.4 Å². The van der Waals surface area contributed by atoms with Crippen molar-refractivity contribution >= 4 is 11.2 Å². The van der Waals surface area contributed by atoms with Gasteiger partial charge in [0, 0.05) is 6.07 Å². The summed E-state index contributed by atoms with van der Waals surface area (Å²) in [6.45, 7) is 2.07. The largest absolute Gasteiger partial charge is 0.611 e. The second-order valence-electron chi connectivity index (χ2n) is 2.90. The quantitative estimate of drug-likeness (QED) is 0.754. The molecule has 0 aromatic heterocycles. The Kier molecular flexibility index (Phi) is 4.12. The maximum absolute atomic E-state index is 11.6. The van der Waals surface area contributed by atoms with E-state index >= 15 is 0 Å². The van der Waals surface area contributed by atoms with E-state index in [1.807, 2.05) is 0 Å². The molecule has 0 aliphatic heterocycles. The van der Waals surface area contributed by atoms with E-state index < -0.39 is 11.2 Å². The molecule has 0 heterocycles. The Hall–Kier alpha value is -0.670. The van der Waals surface area contributed by atoms with Crippen molar-refractivity contribution < 1.29 is 9.66 Å². The van der Waals surface area contributed by atoms with Gasteiger partial charge in [0.15, 0.2) is 4.90 Å². The van der Waals surface area contributed by atoms with Gasteiger partial charge in [0.1, 0.15) is 11.5 Å². The lowest BCUT2D eigenvalue weighted by Gasteiger charge is -2.09. The van der Waals surface area contributed by atoms with Crippen LogP contribution in [0.1, 0.15) is 19.8 Å². The molecule has 0 spiro atoms. The van der Waals surface area contributed by atoms with E-state index in [-0.39, 0.29) is 5.75 Å². The molecule has 0 radical (unpaired) electrons. The van der Waals surface area contributed by atoms with Crippen LogP contribution in [0.15, 0.2) is 29.2 Å². The summed E-state index contributed by atoms with van der Waals surface area (Å²) in [6.07, 6.45) is 2.01. The first-order chi connectivity index (χ1) is 6.24. The Balaban J connectivity index is 2.60. The molecule has 72 valence electrons. The van der Waals surface area contributed by atoms with Crippen molar-refractivity contribution in [3.8, 4) is 5.75 Å². The Morgan fingerprint density at radius 2 is 2.23 bits per heavy atom. The number of hydrogen-bond donors (Lipinski definition) is 1. The van der Waals surface area contributed by atoms with Gasteiger partial charge in [-0.1, -0.05) is 19.4 Å². The Labute approximate surface area is 81.8 Å². The van der Waals surface area contributed by atoms with Crippen molar-refractivity contribution in [3.05, 3.63) is 24.3 Å². The highest BCUT2D eigenvalue weighted by atomic mass is 32.2. The number of hydrogen-bond acceptors (Lipinski definition) is 2. The second kappa shape index (κ2) is 5.14. The van der Waals surface area contributed by atoms with Crippen LogP contribution in [0.2, 0.25) is 0 Å². The summed E-state index contributed by atoms with van der Waals surface area (Å²) in [5.41, 5.74) is 0. The number of phenols is 1. The van der Waals surface area contributed by atoms with E-state index in [9.17, 15) is 4.55 Å². The van der Waals surface area contributed by atoms with Gasteiger partial charge in [0.2, 0.25) is 0 Å². The van der Waals surface area contributed by atoms with E-state index in [1.165, 1.54) is 0 Å². The molecular weight excluding hydrogens is 184 g/mol. The third-order valence-corrected chi connectivity index (χ3v) is 3.20. The number of benzene rings is 1. The van der Waals surface area contributed by atoms with E-state index in [1.54, 1.807) is 24.3 Å². The highest BCUT2D eigenvalue weighted by molar-refractivity contribution is 7.91. The highest BCUT2D eigenvalue weighted by Gasteiger charge is 2.09. The third kappa shape index (κ3) is 3.28. The van der Waals surface area contributed by atoms with E-state index in [4.69, 9.17) is 5.11 Å². The first-order valence-electron chi connectivity index (χ1n) is 4.41. The molecule has 0 bridgehead atoms. The average Bonchev–Trinajstić information content (AvgIpc) is 2.14. The molecule has 0 saturated heterocycles. The molecule has 1 aromatic carbocycles. The zero-order chi connectivity index (χ0) is 9.68. The van der Waals surface area contributed by atoms with Crippen LogP contribution in [0.25, 0.3) is 0 Å². The lowest BCUT2D eigenvalue weighted by atomic mass is 10.3. The van der Waals surface area contributed by atoms with Crippen LogP contribution >= 0.6 is 0 Å². The van der Waals surface area contributed by atoms with Crippen molar-refractivity contribution in [2.75, 3.05) is 5.75 Å². The zero-order valence-corrected chi connectivity index (χ0v) is 8.51. The third-order valence-electron chi connectivity index (χ3n) is 1.76. The first-order valence-corrected chi connectivity index (χ1v) is 5.73. The van der Waals surface area contributed by atoms with Crippen molar-refractivity contribution in [2.45, 2.75) is 24.7 Å². The summed E-state index contributed by atoms with van der Waals surface area (Å²) in [6, 6.07) is 6.65. The number of rotatable bonds is 4. The van der Waals surface area contributed by atoms with Gasteiger partial charge < -0.3 is 9.66 Å². The fourth-order valence-electron chi connectivity index (χ4n) is 1.02. The van der Waals surface area contributed by atoms with Gasteiger partial charge >= 0.3 is 0 Å². The molecule has 0 saturated carbocycles. The molecule has 13 heavy (non-hydrogen) atoms. The molecule has 1 aromatic rings. The van der Waals surface area contributed by atoms with Crippen molar-refractivity contribution in [1.82, 2.24) is 0 Å². The molecule has 3 heteroatoms. The second-order valence-corrected chi connectivity index (χ2v) is 4.47. The first kappa shape index (κ1) is 10.4. The molecule has 0 aliphatic rings. The van der Waals surface area contributed by atoms with Crippen LogP contribution in [0, 0.1) is 0 Å². The Morgan fingerprint density at radius 3 is 2.85 bits per heavy atom. The van der Waals surface area contributed by atoms with Gasteiger partial charge in [0.25, 0.3) is 0 Å². The molecule has 1 rings (SSSR count). The molecule has 0 amide bonds. The predicted molar refractivity (Wildman–Crippen MR) is 54.3 cm³/mol. The van der Waals surface area contributed by atoms with Gasteiger partial charge in [-0.25, -0.2) is 0 Å². The average molecular weight is 198 g/mol. The van der Waals surface area contributed by atoms with Gasteiger partial charge in [-0.15, -0.1) is 0 Å². The number of aromatic hydroxyl groups is 1. The van der Waals surface area contributed by atoms with Gasteiger partial charge in [-0.3, -0.25) is 0 Å².